The zero-order valence-corrected chi connectivity index (χ0v) is 22.0. The van der Waals surface area contributed by atoms with Gasteiger partial charge in [0.1, 0.15) is 5.75 Å². The minimum absolute atomic E-state index is 0.254. The molecule has 0 saturated carbocycles. The van der Waals surface area contributed by atoms with Gasteiger partial charge in [0.05, 0.1) is 36.2 Å². The molecule has 2 aromatic heterocycles. The minimum Gasteiger partial charge on any atom is -0.465 e. The van der Waals surface area contributed by atoms with Crippen LogP contribution in [0.2, 0.25) is 0 Å². The quantitative estimate of drug-likeness (QED) is 0.107. The number of hydrogen-bond acceptors (Lipinski definition) is 10. The smallest absolute Gasteiger partial charge is 0.465 e. The van der Waals surface area contributed by atoms with Gasteiger partial charge in [0.25, 0.3) is 0 Å². The van der Waals surface area contributed by atoms with Gasteiger partial charge in [-0.1, -0.05) is 18.7 Å². The predicted molar refractivity (Wildman–Crippen MR) is 147 cm³/mol. The Kier molecular flexibility index (Phi) is 8.05. The number of aromatic amines is 1. The van der Waals surface area contributed by atoms with Crippen LogP contribution < -0.4 is 20.3 Å². The maximum atomic E-state index is 11.8. The number of carbonyl (C=O) groups excluding carboxylic acids is 1. The number of rotatable bonds is 10. The molecule has 1 aliphatic rings. The molecule has 0 unspecified atom stereocenters. The van der Waals surface area contributed by atoms with Crippen molar-refractivity contribution in [3.8, 4) is 17.0 Å². The summed E-state index contributed by atoms with van der Waals surface area (Å²) in [5.41, 5.74) is 3.63. The number of anilines is 4. The van der Waals surface area contributed by atoms with E-state index in [2.05, 4.69) is 36.9 Å². The molecular weight excluding hydrogens is 541 g/mol. The summed E-state index contributed by atoms with van der Waals surface area (Å²) < 4.78 is 26.7. The van der Waals surface area contributed by atoms with Crippen molar-refractivity contribution in [2.24, 2.45) is 0 Å². The molecular formula is C25H26N7O7P. The predicted octanol–water partition coefficient (Wildman–Crippen LogP) is 3.17. The Bertz CT molecular complexity index is 1580. The Morgan fingerprint density at radius 1 is 1.18 bits per heavy atom. The molecule has 5 N–H and O–H groups in total. The second-order valence-corrected chi connectivity index (χ2v) is 9.83. The first-order valence-electron chi connectivity index (χ1n) is 12.1. The van der Waals surface area contributed by atoms with Gasteiger partial charge in [0.2, 0.25) is 11.9 Å². The first-order valence-corrected chi connectivity index (χ1v) is 13.6. The van der Waals surface area contributed by atoms with E-state index in [-0.39, 0.29) is 11.9 Å². The SMILES string of the molecule is C=CC(=O)Nc1cccc(-c2nc(Nc3ccc(N4CCOCC4)c(OCOP(=O)(O)O)c3)nc3[nH]ncc23)c1. The number of hydrogen-bond donors (Lipinski definition) is 5. The number of phosphoric ester groups is 1. The van der Waals surface area contributed by atoms with Crippen molar-refractivity contribution in [3.05, 3.63) is 61.3 Å². The lowest BCUT2D eigenvalue weighted by Crippen LogP contribution is -2.36. The zero-order valence-electron chi connectivity index (χ0n) is 21.1. The van der Waals surface area contributed by atoms with Crippen LogP contribution in [0.3, 0.4) is 0 Å². The van der Waals surface area contributed by atoms with E-state index in [0.29, 0.717) is 65.8 Å². The van der Waals surface area contributed by atoms with Gasteiger partial charge in [-0.2, -0.15) is 10.1 Å². The Labute approximate surface area is 228 Å². The van der Waals surface area contributed by atoms with E-state index in [0.717, 1.165) is 5.56 Å². The number of H-pyrrole nitrogens is 1. The van der Waals surface area contributed by atoms with Crippen molar-refractivity contribution in [3.63, 3.8) is 0 Å². The van der Waals surface area contributed by atoms with Gasteiger partial charge >= 0.3 is 7.82 Å². The fourth-order valence-corrected chi connectivity index (χ4v) is 4.30. The summed E-state index contributed by atoms with van der Waals surface area (Å²) in [6, 6.07) is 12.5. The highest BCUT2D eigenvalue weighted by atomic mass is 31.2. The van der Waals surface area contributed by atoms with Gasteiger partial charge in [-0.3, -0.25) is 9.89 Å². The van der Waals surface area contributed by atoms with E-state index >= 15 is 0 Å². The van der Waals surface area contributed by atoms with Gasteiger partial charge < -0.3 is 34.8 Å². The average Bonchev–Trinajstić information content (AvgIpc) is 3.41. The molecule has 0 spiro atoms. The van der Waals surface area contributed by atoms with Gasteiger partial charge in [-0.05, 0) is 30.3 Å². The largest absolute Gasteiger partial charge is 0.472 e. The molecule has 1 saturated heterocycles. The maximum absolute atomic E-state index is 11.8. The second-order valence-electron chi connectivity index (χ2n) is 8.59. The molecule has 15 heteroatoms. The second kappa shape index (κ2) is 11.8. The standard InChI is InChI=1S/C25H26N7O7P/c1-2-22(33)27-17-5-3-4-16(12-17)23-19-14-26-31-24(19)30-25(29-23)28-18-6-7-20(32-8-10-37-11-9-32)21(13-18)38-15-39-40(34,35)36/h2-7,12-14H,1,8-11,15H2,(H,27,33)(H2,34,35,36)(H2,26,28,29,30,31). The fourth-order valence-electron chi connectivity index (χ4n) is 4.11. The molecule has 5 rings (SSSR count). The summed E-state index contributed by atoms with van der Waals surface area (Å²) in [6.07, 6.45) is 2.81. The van der Waals surface area contributed by atoms with Gasteiger partial charge in [-0.15, -0.1) is 0 Å². The van der Waals surface area contributed by atoms with Crippen LogP contribution in [0, 0.1) is 0 Å². The average molecular weight is 567 g/mol. The molecule has 0 radical (unpaired) electrons. The third kappa shape index (κ3) is 6.62. The number of nitrogens with zero attached hydrogens (tertiary/aromatic N) is 4. The summed E-state index contributed by atoms with van der Waals surface area (Å²) in [7, 11) is -4.71. The molecule has 208 valence electrons. The van der Waals surface area contributed by atoms with E-state index in [4.69, 9.17) is 24.2 Å². The topological polar surface area (TPSA) is 184 Å². The van der Waals surface area contributed by atoms with Crippen LogP contribution in [0.5, 0.6) is 5.75 Å². The number of benzene rings is 2. The Morgan fingerprint density at radius 3 is 2.77 bits per heavy atom. The highest BCUT2D eigenvalue weighted by molar-refractivity contribution is 7.46. The van der Waals surface area contributed by atoms with Crippen LogP contribution in [0.15, 0.2) is 61.3 Å². The molecule has 4 aromatic rings. The number of nitrogens with one attached hydrogen (secondary N) is 3. The fraction of sp³-hybridized carbons (Fsp3) is 0.200. The maximum Gasteiger partial charge on any atom is 0.472 e. The summed E-state index contributed by atoms with van der Waals surface area (Å²) in [4.78, 5) is 41.1. The summed E-state index contributed by atoms with van der Waals surface area (Å²) in [5.74, 6) is 0.262. The van der Waals surface area contributed by atoms with E-state index in [1.165, 1.54) is 6.08 Å². The number of fused-ring (bicyclic) bond motifs is 1. The lowest BCUT2D eigenvalue weighted by Gasteiger charge is -2.30. The van der Waals surface area contributed by atoms with Crippen molar-refractivity contribution in [1.29, 1.82) is 0 Å². The highest BCUT2D eigenvalue weighted by Gasteiger charge is 2.19. The third-order valence-electron chi connectivity index (χ3n) is 5.90. The molecule has 1 fully saturated rings. The number of carbonyl (C=O) groups is 1. The number of morpholine rings is 1. The van der Waals surface area contributed by atoms with Crippen molar-refractivity contribution < 1.29 is 33.1 Å². The molecule has 0 atom stereocenters. The molecule has 1 aliphatic heterocycles. The number of aromatic nitrogens is 4. The van der Waals surface area contributed by atoms with Crippen molar-refractivity contribution in [1.82, 2.24) is 20.2 Å². The van der Waals surface area contributed by atoms with Crippen LogP contribution in [-0.4, -0.2) is 69.0 Å². The summed E-state index contributed by atoms with van der Waals surface area (Å²) in [5, 5.41) is 13.5. The number of amides is 1. The zero-order chi connectivity index (χ0) is 28.1. The number of phosphoric acid groups is 1. The highest BCUT2D eigenvalue weighted by Crippen LogP contribution is 2.38. The lowest BCUT2D eigenvalue weighted by molar-refractivity contribution is -0.111. The van der Waals surface area contributed by atoms with Gasteiger partial charge in [0, 0.05) is 36.1 Å². The van der Waals surface area contributed by atoms with Crippen molar-refractivity contribution >= 4 is 47.8 Å². The number of ether oxygens (including phenoxy) is 2. The Balaban J connectivity index is 1.46. The molecule has 0 bridgehead atoms. The van der Waals surface area contributed by atoms with Crippen molar-refractivity contribution in [2.45, 2.75) is 0 Å². The van der Waals surface area contributed by atoms with Crippen LogP contribution in [0.4, 0.5) is 23.0 Å². The lowest BCUT2D eigenvalue weighted by atomic mass is 10.1. The molecule has 3 heterocycles. The molecule has 2 aromatic carbocycles. The van der Waals surface area contributed by atoms with Crippen LogP contribution in [0.25, 0.3) is 22.3 Å². The Hall–Kier alpha value is -4.33. The van der Waals surface area contributed by atoms with Crippen LogP contribution >= 0.6 is 7.82 Å². The van der Waals surface area contributed by atoms with Gasteiger partial charge in [-0.25, -0.2) is 14.1 Å². The molecule has 1 amide bonds. The summed E-state index contributed by atoms with van der Waals surface area (Å²) >= 11 is 0. The van der Waals surface area contributed by atoms with Crippen LogP contribution in [0.1, 0.15) is 0 Å². The minimum atomic E-state index is -4.71. The Morgan fingerprint density at radius 2 is 2.00 bits per heavy atom. The summed E-state index contributed by atoms with van der Waals surface area (Å²) in [6.45, 7) is 5.15. The van der Waals surface area contributed by atoms with E-state index in [1.807, 2.05) is 23.1 Å². The van der Waals surface area contributed by atoms with E-state index in [9.17, 15) is 9.36 Å². The van der Waals surface area contributed by atoms with E-state index in [1.54, 1.807) is 30.5 Å². The third-order valence-corrected chi connectivity index (χ3v) is 6.34. The normalized spacial score (nSPS) is 13.7. The van der Waals surface area contributed by atoms with Crippen molar-refractivity contribution in [2.75, 3.05) is 48.6 Å². The molecule has 14 nitrogen and oxygen atoms in total. The molecule has 0 aliphatic carbocycles. The first kappa shape index (κ1) is 27.2. The van der Waals surface area contributed by atoms with Crippen LogP contribution in [-0.2, 0) is 18.6 Å². The van der Waals surface area contributed by atoms with E-state index < -0.39 is 14.6 Å². The molecule has 40 heavy (non-hydrogen) atoms. The first-order chi connectivity index (χ1) is 19.3. The van der Waals surface area contributed by atoms with Gasteiger partial charge in [0.15, 0.2) is 12.4 Å². The monoisotopic (exact) mass is 567 g/mol.